The topological polar surface area (TPSA) is 104 Å². The molecule has 0 radical (unpaired) electrons. The molecule has 1 rings (SSSR count). The summed E-state index contributed by atoms with van der Waals surface area (Å²) in [6.45, 7) is 0.316. The number of amides is 2. The zero-order valence-electron chi connectivity index (χ0n) is 7.77. The van der Waals surface area contributed by atoms with Gasteiger partial charge in [0.15, 0.2) is 0 Å². The van der Waals surface area contributed by atoms with E-state index in [9.17, 15) is 9.59 Å². The van der Waals surface area contributed by atoms with E-state index >= 15 is 0 Å². The van der Waals surface area contributed by atoms with Crippen LogP contribution in [0.1, 0.15) is 12.8 Å². The van der Waals surface area contributed by atoms with Gasteiger partial charge in [0.1, 0.15) is 5.51 Å². The van der Waals surface area contributed by atoms with Crippen molar-refractivity contribution < 1.29 is 14.7 Å². The number of nitrogens with one attached hydrogen (secondary N) is 2. The Labute approximate surface area is 89.5 Å². The Morgan fingerprint density at radius 1 is 1.53 bits per heavy atom. The number of aliphatic carboxylic acids is 1. The molecule has 3 N–H and O–H groups in total. The molecule has 82 valence electrons. The summed E-state index contributed by atoms with van der Waals surface area (Å²) in [6, 6.07) is -0.405. The minimum absolute atomic E-state index is 0.0408. The van der Waals surface area contributed by atoms with Crippen molar-refractivity contribution in [2.24, 2.45) is 0 Å². The van der Waals surface area contributed by atoms with Crippen molar-refractivity contribution >= 4 is 28.5 Å². The maximum atomic E-state index is 11.1. The predicted molar refractivity (Wildman–Crippen MR) is 53.8 cm³/mol. The highest BCUT2D eigenvalue weighted by Gasteiger charge is 2.03. The maximum Gasteiger partial charge on any atom is 0.321 e. The van der Waals surface area contributed by atoms with Crippen LogP contribution < -0.4 is 10.6 Å². The zero-order chi connectivity index (χ0) is 11.1. The van der Waals surface area contributed by atoms with Crippen LogP contribution in [-0.4, -0.2) is 33.8 Å². The summed E-state index contributed by atoms with van der Waals surface area (Å²) in [7, 11) is 0. The molecule has 0 aromatic carbocycles. The molecule has 0 bridgehead atoms. The highest BCUT2D eigenvalue weighted by atomic mass is 32.1. The van der Waals surface area contributed by atoms with Crippen LogP contribution in [-0.2, 0) is 4.79 Å². The first-order chi connectivity index (χ1) is 7.18. The van der Waals surface area contributed by atoms with Crippen LogP contribution in [0.5, 0.6) is 0 Å². The number of carbonyl (C=O) groups is 2. The van der Waals surface area contributed by atoms with Gasteiger partial charge in [-0.15, -0.1) is 10.2 Å². The second-order valence-corrected chi connectivity index (χ2v) is 3.46. The van der Waals surface area contributed by atoms with E-state index in [4.69, 9.17) is 5.11 Å². The molecule has 0 saturated heterocycles. The molecule has 0 aliphatic heterocycles. The van der Waals surface area contributed by atoms with Gasteiger partial charge in [0.05, 0.1) is 0 Å². The van der Waals surface area contributed by atoms with Crippen molar-refractivity contribution in [1.29, 1.82) is 0 Å². The number of rotatable bonds is 5. The van der Waals surface area contributed by atoms with Crippen molar-refractivity contribution in [3.05, 3.63) is 5.51 Å². The SMILES string of the molecule is O=C(O)CCCNC(=O)Nc1nncs1. The lowest BCUT2D eigenvalue weighted by Gasteiger charge is -2.03. The highest BCUT2D eigenvalue weighted by Crippen LogP contribution is 2.06. The van der Waals surface area contributed by atoms with Crippen LogP contribution in [0.4, 0.5) is 9.93 Å². The molecule has 0 atom stereocenters. The van der Waals surface area contributed by atoms with Gasteiger partial charge in [-0.1, -0.05) is 11.3 Å². The second kappa shape index (κ2) is 5.91. The monoisotopic (exact) mass is 230 g/mol. The molecule has 0 spiro atoms. The first kappa shape index (κ1) is 11.4. The highest BCUT2D eigenvalue weighted by molar-refractivity contribution is 7.13. The lowest BCUT2D eigenvalue weighted by Crippen LogP contribution is -2.29. The van der Waals surface area contributed by atoms with Crippen LogP contribution in [0, 0.1) is 0 Å². The number of carboxylic acids is 1. The number of nitrogens with zero attached hydrogens (tertiary/aromatic N) is 2. The number of carbonyl (C=O) groups excluding carboxylic acids is 1. The Morgan fingerprint density at radius 3 is 2.93 bits per heavy atom. The Bertz CT molecular complexity index is 327. The molecule has 0 unspecified atom stereocenters. The Morgan fingerprint density at radius 2 is 2.33 bits per heavy atom. The lowest BCUT2D eigenvalue weighted by atomic mass is 10.3. The lowest BCUT2D eigenvalue weighted by molar-refractivity contribution is -0.137. The molecule has 1 heterocycles. The molecular weight excluding hydrogens is 220 g/mol. The summed E-state index contributed by atoms with van der Waals surface area (Å²) in [5, 5.41) is 20.9. The van der Waals surface area contributed by atoms with Crippen molar-refractivity contribution in [1.82, 2.24) is 15.5 Å². The van der Waals surface area contributed by atoms with E-state index in [2.05, 4.69) is 20.8 Å². The van der Waals surface area contributed by atoms with Crippen molar-refractivity contribution in [3.63, 3.8) is 0 Å². The normalized spacial score (nSPS) is 9.60. The fourth-order valence-corrected chi connectivity index (χ4v) is 1.25. The molecule has 7 nitrogen and oxygen atoms in total. The third kappa shape index (κ3) is 4.91. The van der Waals surface area contributed by atoms with Crippen LogP contribution in [0.2, 0.25) is 0 Å². The third-order valence-corrected chi connectivity index (χ3v) is 2.04. The molecule has 1 aromatic heterocycles. The van der Waals surface area contributed by atoms with E-state index in [-0.39, 0.29) is 6.42 Å². The van der Waals surface area contributed by atoms with Gasteiger partial charge in [-0.3, -0.25) is 10.1 Å². The van der Waals surface area contributed by atoms with E-state index < -0.39 is 12.0 Å². The van der Waals surface area contributed by atoms with E-state index in [1.54, 1.807) is 0 Å². The summed E-state index contributed by atoms with van der Waals surface area (Å²) in [6.07, 6.45) is 0.442. The second-order valence-electron chi connectivity index (χ2n) is 2.62. The minimum atomic E-state index is -0.874. The van der Waals surface area contributed by atoms with Crippen LogP contribution in [0.3, 0.4) is 0 Å². The van der Waals surface area contributed by atoms with Gasteiger partial charge in [-0.05, 0) is 6.42 Å². The Kier molecular flexibility index (Phi) is 4.48. The Balaban J connectivity index is 2.11. The molecule has 0 fully saturated rings. The number of urea groups is 1. The summed E-state index contributed by atoms with van der Waals surface area (Å²) in [5.74, 6) is -0.874. The van der Waals surface area contributed by atoms with Crippen LogP contribution >= 0.6 is 11.3 Å². The summed E-state index contributed by atoms with van der Waals surface area (Å²) >= 11 is 1.21. The average molecular weight is 230 g/mol. The number of hydrogen-bond acceptors (Lipinski definition) is 5. The summed E-state index contributed by atoms with van der Waals surface area (Å²) in [5.41, 5.74) is 1.50. The number of carboxylic acid groups (broad SMARTS) is 1. The molecule has 15 heavy (non-hydrogen) atoms. The van der Waals surface area contributed by atoms with Gasteiger partial charge in [0, 0.05) is 13.0 Å². The van der Waals surface area contributed by atoms with Gasteiger partial charge < -0.3 is 10.4 Å². The zero-order valence-corrected chi connectivity index (χ0v) is 8.58. The standard InChI is InChI=1S/C7H10N4O3S/c12-5(13)2-1-3-8-6(14)10-7-11-9-4-15-7/h4H,1-3H2,(H,12,13)(H2,8,10,11,14). The van der Waals surface area contributed by atoms with Gasteiger partial charge in [-0.25, -0.2) is 4.79 Å². The van der Waals surface area contributed by atoms with Crippen LogP contribution in [0.15, 0.2) is 5.51 Å². The van der Waals surface area contributed by atoms with E-state index in [1.807, 2.05) is 0 Å². The largest absolute Gasteiger partial charge is 0.481 e. The number of anilines is 1. The van der Waals surface area contributed by atoms with Crippen molar-refractivity contribution in [2.75, 3.05) is 11.9 Å². The maximum absolute atomic E-state index is 11.1. The van der Waals surface area contributed by atoms with Gasteiger partial charge in [-0.2, -0.15) is 0 Å². The van der Waals surface area contributed by atoms with Crippen molar-refractivity contribution in [2.45, 2.75) is 12.8 Å². The molecular formula is C7H10N4O3S. The number of hydrogen-bond donors (Lipinski definition) is 3. The molecule has 8 heteroatoms. The molecule has 0 aliphatic carbocycles. The molecule has 0 aliphatic rings. The fourth-order valence-electron chi connectivity index (χ4n) is 0.810. The minimum Gasteiger partial charge on any atom is -0.481 e. The quantitative estimate of drug-likeness (QED) is 0.640. The average Bonchev–Trinajstić information content (AvgIpc) is 2.64. The van der Waals surface area contributed by atoms with Gasteiger partial charge in [0.25, 0.3) is 0 Å². The summed E-state index contributed by atoms with van der Waals surface area (Å²) < 4.78 is 0. The van der Waals surface area contributed by atoms with Gasteiger partial charge >= 0.3 is 12.0 Å². The Hall–Kier alpha value is -1.70. The van der Waals surface area contributed by atoms with Crippen molar-refractivity contribution in [3.8, 4) is 0 Å². The number of aromatic nitrogens is 2. The first-order valence-corrected chi connectivity index (χ1v) is 5.09. The van der Waals surface area contributed by atoms with E-state index in [1.165, 1.54) is 16.8 Å². The summed E-state index contributed by atoms with van der Waals surface area (Å²) in [4.78, 5) is 21.3. The van der Waals surface area contributed by atoms with Crippen LogP contribution in [0.25, 0.3) is 0 Å². The predicted octanol–water partition coefficient (Wildman–Crippen LogP) is 0.524. The smallest absolute Gasteiger partial charge is 0.321 e. The molecule has 2 amide bonds. The van der Waals surface area contributed by atoms with E-state index in [0.29, 0.717) is 18.1 Å². The fraction of sp³-hybridized carbons (Fsp3) is 0.429. The molecule has 0 saturated carbocycles. The van der Waals surface area contributed by atoms with Gasteiger partial charge in [0.2, 0.25) is 5.13 Å². The third-order valence-electron chi connectivity index (χ3n) is 1.43. The first-order valence-electron chi connectivity index (χ1n) is 4.21. The van der Waals surface area contributed by atoms with E-state index in [0.717, 1.165) is 0 Å². The molecule has 1 aromatic rings.